The van der Waals surface area contributed by atoms with E-state index in [0.717, 1.165) is 17.1 Å². The summed E-state index contributed by atoms with van der Waals surface area (Å²) in [6, 6.07) is 18.2. The molecule has 0 unspecified atom stereocenters. The highest BCUT2D eigenvalue weighted by molar-refractivity contribution is 6.05. The number of guanidine groups is 1. The Hall–Kier alpha value is -3.94. The number of hydrogen-bond acceptors (Lipinski definition) is 6. The van der Waals surface area contributed by atoms with Crippen molar-refractivity contribution in [3.05, 3.63) is 72.1 Å². The van der Waals surface area contributed by atoms with E-state index in [2.05, 4.69) is 25.6 Å². The summed E-state index contributed by atoms with van der Waals surface area (Å²) in [5, 5.41) is 5.79. The molecule has 154 valence electrons. The average molecular weight is 405 g/mol. The van der Waals surface area contributed by atoms with Gasteiger partial charge in [-0.2, -0.15) is 4.99 Å². The second-order valence-corrected chi connectivity index (χ2v) is 6.41. The van der Waals surface area contributed by atoms with Crippen LogP contribution in [-0.4, -0.2) is 35.6 Å². The van der Waals surface area contributed by atoms with E-state index in [9.17, 15) is 4.79 Å². The zero-order chi connectivity index (χ0) is 21.3. The normalized spacial score (nSPS) is 11.0. The number of anilines is 1. The van der Waals surface area contributed by atoms with E-state index in [-0.39, 0.29) is 24.4 Å². The fourth-order valence-corrected chi connectivity index (χ4v) is 2.59. The summed E-state index contributed by atoms with van der Waals surface area (Å²) in [6.45, 7) is 3.54. The quantitative estimate of drug-likeness (QED) is 0.482. The first-order chi connectivity index (χ1) is 14.5. The van der Waals surface area contributed by atoms with Gasteiger partial charge in [0, 0.05) is 17.1 Å². The molecule has 1 heterocycles. The molecule has 0 aliphatic rings. The maximum Gasteiger partial charge on any atom is 0.264 e. The van der Waals surface area contributed by atoms with Crippen LogP contribution in [0.15, 0.2) is 65.7 Å². The minimum Gasteiger partial charge on any atom is -0.497 e. The summed E-state index contributed by atoms with van der Waals surface area (Å²) >= 11 is 0. The van der Waals surface area contributed by atoms with Crippen LogP contribution in [-0.2, 0) is 4.79 Å². The van der Waals surface area contributed by atoms with Crippen LogP contribution >= 0.6 is 0 Å². The Labute approximate surface area is 175 Å². The molecule has 3 aromatic rings. The summed E-state index contributed by atoms with van der Waals surface area (Å²) in [7, 11) is 1.59. The number of nitrogens with one attached hydrogen (secondary N) is 2. The highest BCUT2D eigenvalue weighted by atomic mass is 16.5. The first-order valence-corrected chi connectivity index (χ1v) is 9.31. The van der Waals surface area contributed by atoms with Crippen LogP contribution in [0.2, 0.25) is 0 Å². The fraction of sp³-hybridized carbons (Fsp3) is 0.182. The van der Waals surface area contributed by atoms with Crippen LogP contribution in [0, 0.1) is 13.8 Å². The monoisotopic (exact) mass is 405 g/mol. The Morgan fingerprint density at radius 2 is 1.60 bits per heavy atom. The Balaban J connectivity index is 1.72. The highest BCUT2D eigenvalue weighted by Crippen LogP contribution is 2.16. The van der Waals surface area contributed by atoms with E-state index < -0.39 is 0 Å². The molecule has 0 aliphatic heterocycles. The van der Waals surface area contributed by atoms with Crippen LogP contribution < -0.4 is 20.1 Å². The van der Waals surface area contributed by atoms with Crippen LogP contribution in [0.3, 0.4) is 0 Å². The predicted molar refractivity (Wildman–Crippen MR) is 115 cm³/mol. The molecule has 30 heavy (non-hydrogen) atoms. The number of methoxy groups -OCH3 is 1. The third kappa shape index (κ3) is 6.30. The maximum absolute atomic E-state index is 12.4. The minimum absolute atomic E-state index is 0.185. The molecule has 1 aromatic heterocycles. The van der Waals surface area contributed by atoms with Crippen molar-refractivity contribution in [3.63, 3.8) is 0 Å². The number of ether oxygens (including phenoxy) is 2. The first-order valence-electron chi connectivity index (χ1n) is 9.31. The standard InChI is InChI=1S/C22H23N5O3/c1-15-13-16(2)24-21(23-15)27-22(25-17-7-5-4-6-8-17)26-20(28)14-30-19-11-9-18(29-3)10-12-19/h4-13H,14H2,1-3H3,(H2,23,24,25,26,27,28). The zero-order valence-corrected chi connectivity index (χ0v) is 17.0. The minimum atomic E-state index is -0.377. The van der Waals surface area contributed by atoms with Gasteiger partial charge in [0.25, 0.3) is 11.9 Å². The van der Waals surface area contributed by atoms with Crippen LogP contribution in [0.25, 0.3) is 0 Å². The Morgan fingerprint density at radius 1 is 0.967 bits per heavy atom. The third-order valence-corrected chi connectivity index (χ3v) is 3.91. The van der Waals surface area contributed by atoms with Crippen LogP contribution in [0.1, 0.15) is 11.4 Å². The van der Waals surface area contributed by atoms with Gasteiger partial charge in [0.1, 0.15) is 11.5 Å². The Morgan fingerprint density at radius 3 is 2.23 bits per heavy atom. The molecule has 0 radical (unpaired) electrons. The summed E-state index contributed by atoms with van der Waals surface area (Å²) in [5.74, 6) is 1.34. The molecule has 0 saturated heterocycles. The van der Waals surface area contributed by atoms with Gasteiger partial charge in [-0.15, -0.1) is 0 Å². The zero-order valence-electron chi connectivity index (χ0n) is 17.0. The van der Waals surface area contributed by atoms with Gasteiger partial charge in [-0.1, -0.05) is 18.2 Å². The summed E-state index contributed by atoms with van der Waals surface area (Å²) < 4.78 is 10.6. The molecule has 1 amide bonds. The Kier molecular flexibility index (Phi) is 6.94. The van der Waals surface area contributed by atoms with Crippen molar-refractivity contribution in [2.75, 3.05) is 19.0 Å². The molecule has 0 bridgehead atoms. The molecule has 0 atom stereocenters. The number of carbonyl (C=O) groups excluding carboxylic acids is 1. The van der Waals surface area contributed by atoms with Gasteiger partial charge in [-0.05, 0) is 56.3 Å². The van der Waals surface area contributed by atoms with Crippen LogP contribution in [0.4, 0.5) is 11.6 Å². The number of aliphatic imine (C=N–C) groups is 1. The van der Waals surface area contributed by atoms with E-state index in [4.69, 9.17) is 9.47 Å². The molecule has 0 fully saturated rings. The average Bonchev–Trinajstić information content (AvgIpc) is 2.72. The third-order valence-electron chi connectivity index (χ3n) is 3.91. The molecule has 8 nitrogen and oxygen atoms in total. The molecule has 0 aliphatic carbocycles. The first kappa shape index (κ1) is 20.8. The lowest BCUT2D eigenvalue weighted by molar-refractivity contribution is -0.121. The van der Waals surface area contributed by atoms with E-state index in [1.807, 2.05) is 50.2 Å². The van der Waals surface area contributed by atoms with Crippen molar-refractivity contribution in [3.8, 4) is 11.5 Å². The fourth-order valence-electron chi connectivity index (χ4n) is 2.59. The van der Waals surface area contributed by atoms with E-state index in [0.29, 0.717) is 11.5 Å². The smallest absolute Gasteiger partial charge is 0.264 e. The van der Waals surface area contributed by atoms with Gasteiger partial charge in [-0.25, -0.2) is 9.97 Å². The number of amides is 1. The van der Waals surface area contributed by atoms with Crippen molar-refractivity contribution in [2.45, 2.75) is 13.8 Å². The van der Waals surface area contributed by atoms with Crippen molar-refractivity contribution in [2.24, 2.45) is 4.99 Å². The molecule has 8 heteroatoms. The number of rotatable bonds is 6. The molecular formula is C22H23N5O3. The van der Waals surface area contributed by atoms with Gasteiger partial charge < -0.3 is 14.8 Å². The highest BCUT2D eigenvalue weighted by Gasteiger charge is 2.10. The lowest BCUT2D eigenvalue weighted by Crippen LogP contribution is -2.38. The topological polar surface area (TPSA) is 97.7 Å². The molecule has 2 N–H and O–H groups in total. The molecule has 0 saturated carbocycles. The second-order valence-electron chi connectivity index (χ2n) is 6.41. The number of carbonyl (C=O) groups is 1. The van der Waals surface area contributed by atoms with Crippen molar-refractivity contribution < 1.29 is 14.3 Å². The van der Waals surface area contributed by atoms with Gasteiger partial charge in [-0.3, -0.25) is 10.1 Å². The van der Waals surface area contributed by atoms with Gasteiger partial charge in [0.2, 0.25) is 5.96 Å². The second kappa shape index (κ2) is 10.0. The van der Waals surface area contributed by atoms with E-state index in [1.54, 1.807) is 31.4 Å². The SMILES string of the molecule is COc1ccc(OCC(=O)NC(=Nc2nc(C)cc(C)n2)Nc2ccccc2)cc1. The number of para-hydroxylation sites is 1. The summed E-state index contributed by atoms with van der Waals surface area (Å²) in [4.78, 5) is 25.4. The number of aromatic nitrogens is 2. The number of aryl methyl sites for hydroxylation is 2. The number of hydrogen-bond donors (Lipinski definition) is 2. The predicted octanol–water partition coefficient (Wildman–Crippen LogP) is 3.40. The lowest BCUT2D eigenvalue weighted by Gasteiger charge is -2.12. The summed E-state index contributed by atoms with van der Waals surface area (Å²) in [5.41, 5.74) is 2.33. The molecule has 3 rings (SSSR count). The molecule has 2 aromatic carbocycles. The van der Waals surface area contributed by atoms with E-state index in [1.165, 1.54) is 0 Å². The molecular weight excluding hydrogens is 382 g/mol. The van der Waals surface area contributed by atoms with Crippen molar-refractivity contribution >= 4 is 23.5 Å². The summed E-state index contributed by atoms with van der Waals surface area (Å²) in [6.07, 6.45) is 0. The van der Waals surface area contributed by atoms with Crippen molar-refractivity contribution in [1.82, 2.24) is 15.3 Å². The Bertz CT molecular complexity index is 1000. The molecule has 0 spiro atoms. The van der Waals surface area contributed by atoms with Gasteiger partial charge in [0.15, 0.2) is 6.61 Å². The van der Waals surface area contributed by atoms with E-state index >= 15 is 0 Å². The van der Waals surface area contributed by atoms with Crippen molar-refractivity contribution in [1.29, 1.82) is 0 Å². The number of nitrogens with zero attached hydrogens (tertiary/aromatic N) is 3. The van der Waals surface area contributed by atoms with Crippen LogP contribution in [0.5, 0.6) is 11.5 Å². The number of benzene rings is 2. The maximum atomic E-state index is 12.4. The lowest BCUT2D eigenvalue weighted by atomic mass is 10.3. The largest absolute Gasteiger partial charge is 0.497 e. The van der Waals surface area contributed by atoms with Gasteiger partial charge >= 0.3 is 0 Å². The van der Waals surface area contributed by atoms with Gasteiger partial charge in [0.05, 0.1) is 7.11 Å².